The van der Waals surface area contributed by atoms with Crippen molar-refractivity contribution < 1.29 is 22.7 Å². The Morgan fingerprint density at radius 3 is 2.17 bits per heavy atom. The van der Waals surface area contributed by atoms with Crippen molar-refractivity contribution in [2.24, 2.45) is 5.73 Å². The number of nitriles is 1. The van der Waals surface area contributed by atoms with Crippen LogP contribution in [0.4, 0.5) is 19.0 Å². The van der Waals surface area contributed by atoms with E-state index in [9.17, 15) is 18.0 Å². The molecule has 9 heteroatoms. The van der Waals surface area contributed by atoms with Crippen LogP contribution in [0.3, 0.4) is 0 Å². The second-order valence-corrected chi connectivity index (χ2v) is 8.53. The molecule has 1 amide bonds. The van der Waals surface area contributed by atoms with Crippen LogP contribution >= 0.6 is 0 Å². The van der Waals surface area contributed by atoms with E-state index in [1.54, 1.807) is 12.1 Å². The number of primary amides is 1. The largest absolute Gasteiger partial charge is 0.417 e. The van der Waals surface area contributed by atoms with Crippen LogP contribution in [0, 0.1) is 11.3 Å². The molecule has 2 unspecified atom stereocenters. The Morgan fingerprint density at radius 1 is 1.03 bits per heavy atom. The molecule has 180 valence electrons. The van der Waals surface area contributed by atoms with Crippen LogP contribution in [0.5, 0.6) is 0 Å². The molecule has 2 heterocycles. The first-order valence-electron chi connectivity index (χ1n) is 11.0. The number of halogens is 3. The molecule has 0 saturated carbocycles. The minimum absolute atomic E-state index is 0.00754. The molecule has 0 radical (unpaired) electrons. The van der Waals surface area contributed by atoms with Gasteiger partial charge < -0.3 is 15.4 Å². The molecule has 0 aliphatic carbocycles. The number of alkyl halides is 3. The summed E-state index contributed by atoms with van der Waals surface area (Å²) >= 11 is 0. The van der Waals surface area contributed by atoms with Gasteiger partial charge in [-0.25, -0.2) is 4.98 Å². The number of hydrogen-bond acceptors (Lipinski definition) is 5. The Hall–Kier alpha value is -3.90. The summed E-state index contributed by atoms with van der Waals surface area (Å²) < 4.78 is 48.0. The summed E-state index contributed by atoms with van der Waals surface area (Å²) in [6.07, 6.45) is -3.22. The van der Waals surface area contributed by atoms with E-state index in [0.29, 0.717) is 30.0 Å². The molecule has 2 aromatic carbocycles. The average molecular weight is 480 g/mol. The topological polar surface area (TPSA) is 92.2 Å². The zero-order valence-electron chi connectivity index (χ0n) is 19.1. The van der Waals surface area contributed by atoms with E-state index in [1.807, 2.05) is 24.8 Å². The summed E-state index contributed by atoms with van der Waals surface area (Å²) in [4.78, 5) is 18.8. The highest BCUT2D eigenvalue weighted by Gasteiger charge is 2.36. The number of anilines is 1. The zero-order chi connectivity index (χ0) is 25.3. The zero-order valence-corrected chi connectivity index (χ0v) is 19.1. The Kier molecular flexibility index (Phi) is 6.50. The lowest BCUT2D eigenvalue weighted by atomic mass is 9.86. The maximum absolute atomic E-state index is 14.1. The van der Waals surface area contributed by atoms with Gasteiger partial charge in [-0.2, -0.15) is 18.4 Å². The van der Waals surface area contributed by atoms with Crippen molar-refractivity contribution in [3.63, 3.8) is 0 Å². The SMILES string of the molecule is CC1CN(c2ccc(-c3c(C(N)=O)ccc(C(F)(F)F)c3-c3ccc(C#N)cc3)cn2)CC(C)O1. The van der Waals surface area contributed by atoms with Crippen molar-refractivity contribution in [2.45, 2.75) is 32.2 Å². The first kappa shape index (κ1) is 24.2. The van der Waals surface area contributed by atoms with E-state index in [-0.39, 0.29) is 34.5 Å². The first-order valence-corrected chi connectivity index (χ1v) is 11.0. The normalized spacial score (nSPS) is 18.2. The molecule has 1 fully saturated rings. The number of hydrogen-bond donors (Lipinski definition) is 1. The monoisotopic (exact) mass is 480 g/mol. The van der Waals surface area contributed by atoms with Gasteiger partial charge >= 0.3 is 6.18 Å². The highest BCUT2D eigenvalue weighted by atomic mass is 19.4. The van der Waals surface area contributed by atoms with Gasteiger partial charge in [0.2, 0.25) is 5.91 Å². The van der Waals surface area contributed by atoms with E-state index >= 15 is 0 Å². The number of benzene rings is 2. The number of aromatic nitrogens is 1. The average Bonchev–Trinajstić information content (AvgIpc) is 2.82. The Morgan fingerprint density at radius 2 is 1.66 bits per heavy atom. The van der Waals surface area contributed by atoms with E-state index < -0.39 is 17.6 Å². The maximum Gasteiger partial charge on any atom is 0.417 e. The molecule has 0 bridgehead atoms. The van der Waals surface area contributed by atoms with Crippen LogP contribution in [-0.2, 0) is 10.9 Å². The van der Waals surface area contributed by atoms with E-state index in [1.165, 1.54) is 30.5 Å². The highest BCUT2D eigenvalue weighted by molar-refractivity contribution is 6.04. The molecule has 0 spiro atoms. The van der Waals surface area contributed by atoms with Crippen LogP contribution in [-0.4, -0.2) is 36.2 Å². The van der Waals surface area contributed by atoms with E-state index in [4.69, 9.17) is 15.7 Å². The van der Waals surface area contributed by atoms with Crippen molar-refractivity contribution in [3.8, 4) is 28.3 Å². The molecule has 6 nitrogen and oxygen atoms in total. The molecule has 1 aliphatic rings. The maximum atomic E-state index is 14.1. The van der Waals surface area contributed by atoms with Crippen LogP contribution in [0.2, 0.25) is 0 Å². The number of morpholine rings is 1. The second-order valence-electron chi connectivity index (χ2n) is 8.53. The lowest BCUT2D eigenvalue weighted by Gasteiger charge is -2.36. The Balaban J connectivity index is 1.90. The summed E-state index contributed by atoms with van der Waals surface area (Å²) in [5.41, 5.74) is 5.28. The van der Waals surface area contributed by atoms with Crippen molar-refractivity contribution in [3.05, 3.63) is 71.4 Å². The van der Waals surface area contributed by atoms with Gasteiger partial charge in [-0.3, -0.25) is 4.79 Å². The second kappa shape index (κ2) is 9.39. The number of amides is 1. The molecule has 1 aromatic heterocycles. The van der Waals surface area contributed by atoms with Gasteiger partial charge in [0.15, 0.2) is 0 Å². The predicted molar refractivity (Wildman–Crippen MR) is 126 cm³/mol. The van der Waals surface area contributed by atoms with Crippen molar-refractivity contribution in [2.75, 3.05) is 18.0 Å². The number of nitrogens with two attached hydrogens (primary N) is 1. The van der Waals surface area contributed by atoms with Gasteiger partial charge in [0, 0.05) is 41.5 Å². The van der Waals surface area contributed by atoms with Gasteiger partial charge in [-0.15, -0.1) is 0 Å². The fraction of sp³-hybridized carbons (Fsp3) is 0.269. The van der Waals surface area contributed by atoms with Crippen LogP contribution < -0.4 is 10.6 Å². The van der Waals surface area contributed by atoms with Gasteiger partial charge in [-0.1, -0.05) is 12.1 Å². The van der Waals surface area contributed by atoms with Gasteiger partial charge in [0.25, 0.3) is 0 Å². The fourth-order valence-corrected chi connectivity index (χ4v) is 4.44. The Labute approximate surface area is 200 Å². The molecule has 1 saturated heterocycles. The van der Waals surface area contributed by atoms with Crippen molar-refractivity contribution in [1.82, 2.24) is 4.98 Å². The quantitative estimate of drug-likeness (QED) is 0.566. The van der Waals surface area contributed by atoms with Crippen LogP contribution in [0.25, 0.3) is 22.3 Å². The lowest BCUT2D eigenvalue weighted by molar-refractivity contribution is -0.137. The summed E-state index contributed by atoms with van der Waals surface area (Å²) in [7, 11) is 0. The van der Waals surface area contributed by atoms with E-state index in [0.717, 1.165) is 12.1 Å². The van der Waals surface area contributed by atoms with Crippen molar-refractivity contribution >= 4 is 11.7 Å². The van der Waals surface area contributed by atoms with Crippen LogP contribution in [0.15, 0.2) is 54.7 Å². The number of pyridine rings is 1. The van der Waals surface area contributed by atoms with Gasteiger partial charge in [0.1, 0.15) is 5.82 Å². The smallest absolute Gasteiger partial charge is 0.372 e. The third-order valence-electron chi connectivity index (χ3n) is 5.86. The molecule has 2 N–H and O–H groups in total. The number of carbonyl (C=O) groups excluding carboxylic acids is 1. The van der Waals surface area contributed by atoms with Crippen molar-refractivity contribution in [1.29, 1.82) is 5.26 Å². The summed E-state index contributed by atoms with van der Waals surface area (Å²) in [5, 5.41) is 9.09. The number of carbonyl (C=O) groups is 1. The molecule has 2 atom stereocenters. The first-order chi connectivity index (χ1) is 16.6. The fourth-order valence-electron chi connectivity index (χ4n) is 4.44. The number of ether oxygens (including phenoxy) is 1. The molecule has 3 aromatic rings. The molecule has 4 rings (SSSR count). The molecule has 1 aliphatic heterocycles. The van der Waals surface area contributed by atoms with E-state index in [2.05, 4.69) is 4.98 Å². The summed E-state index contributed by atoms with van der Waals surface area (Å²) in [6.45, 7) is 5.18. The number of rotatable bonds is 4. The Bertz CT molecular complexity index is 1270. The van der Waals surface area contributed by atoms with Gasteiger partial charge in [0.05, 0.1) is 29.4 Å². The number of nitrogens with zero attached hydrogens (tertiary/aromatic N) is 3. The van der Waals surface area contributed by atoms with Crippen LogP contribution in [0.1, 0.15) is 35.3 Å². The highest BCUT2D eigenvalue weighted by Crippen LogP contribution is 2.44. The molecule has 35 heavy (non-hydrogen) atoms. The third kappa shape index (κ3) is 4.98. The molecular formula is C26H23F3N4O2. The van der Waals surface area contributed by atoms with Gasteiger partial charge in [-0.05, 0) is 55.8 Å². The predicted octanol–water partition coefficient (Wildman–Crippen LogP) is 5.02. The summed E-state index contributed by atoms with van der Waals surface area (Å²) in [6, 6.07) is 13.0. The third-order valence-corrected chi connectivity index (χ3v) is 5.86. The molecular weight excluding hydrogens is 457 g/mol. The minimum Gasteiger partial charge on any atom is -0.372 e. The lowest BCUT2D eigenvalue weighted by Crippen LogP contribution is -2.45. The minimum atomic E-state index is -4.69. The summed E-state index contributed by atoms with van der Waals surface area (Å²) in [5.74, 6) is -0.202. The standard InChI is InChI=1S/C26H23F3N4O2/c1-15-13-33(14-16(2)35-15)22-10-7-19(12-32-22)23-20(25(31)34)8-9-21(26(27,28)29)24(23)18-5-3-17(11-30)4-6-18/h3-10,12,15-16H,13-14H2,1-2H3,(H2,31,34).